The monoisotopic (exact) mass is 412 g/mol. The number of epoxide rings is 1. The van der Waals surface area contributed by atoms with E-state index in [0.717, 1.165) is 31.6 Å². The molecule has 0 radical (unpaired) electrons. The van der Waals surface area contributed by atoms with Crippen molar-refractivity contribution in [3.05, 3.63) is 29.8 Å². The molecule has 2 rings (SSSR count). The molecule has 0 amide bonds. The summed E-state index contributed by atoms with van der Waals surface area (Å²) < 4.78 is 36.3. The largest absolute Gasteiger partial charge is 2.00 e. The Morgan fingerprint density at radius 2 is 1.38 bits per heavy atom. The Bertz CT molecular complexity index is 566. The zero-order valence-electron chi connectivity index (χ0n) is 18.3. The van der Waals surface area contributed by atoms with E-state index in [0.29, 0.717) is 6.42 Å². The van der Waals surface area contributed by atoms with E-state index >= 15 is 0 Å². The third-order valence-corrected chi connectivity index (χ3v) is 5.21. The molecule has 1 aromatic carbocycles. The quantitative estimate of drug-likeness (QED) is 0.220. The molecule has 1 heterocycles. The van der Waals surface area contributed by atoms with Crippen LogP contribution in [0.5, 0.6) is 0 Å². The maximum absolute atomic E-state index is 11.3. The molecule has 1 fully saturated rings. The van der Waals surface area contributed by atoms with Gasteiger partial charge in [0.1, 0.15) is 0 Å². The van der Waals surface area contributed by atoms with Gasteiger partial charge in [-0.25, -0.2) is 0 Å². The van der Waals surface area contributed by atoms with Crippen LogP contribution < -0.4 is 0 Å². The Balaban J connectivity index is -0.000000947. The normalized spacial score (nSPS) is 12.7. The van der Waals surface area contributed by atoms with Crippen molar-refractivity contribution in [1.82, 2.24) is 0 Å². The summed E-state index contributed by atoms with van der Waals surface area (Å²) in [5.74, 6) is 0. The van der Waals surface area contributed by atoms with Crippen LogP contribution in [0.1, 0.15) is 79.5 Å². The summed E-state index contributed by atoms with van der Waals surface area (Å²) >= 11 is 0. The first-order chi connectivity index (χ1) is 12.1. The molecule has 0 aliphatic carbocycles. The second-order valence-corrected chi connectivity index (χ2v) is 8.02. The van der Waals surface area contributed by atoms with E-state index in [2.05, 4.69) is 11.7 Å². The van der Waals surface area contributed by atoms with Crippen LogP contribution in [0, 0.1) is 0 Å². The molecule has 148 valence electrons. The van der Waals surface area contributed by atoms with Crippen LogP contribution in [0.25, 0.3) is 0 Å². The summed E-state index contributed by atoms with van der Waals surface area (Å²) in [5, 5.41) is 0. The van der Waals surface area contributed by atoms with Gasteiger partial charge in [0.2, 0.25) is 0 Å². The molecule has 1 aromatic rings. The maximum Gasteiger partial charge on any atom is 2.00 e. The molecule has 0 atom stereocenters. The second-order valence-electron chi connectivity index (χ2n) is 6.63. The van der Waals surface area contributed by atoms with Crippen molar-refractivity contribution in [3.63, 3.8) is 0 Å². The van der Waals surface area contributed by atoms with E-state index in [1.54, 1.807) is 12.1 Å². The fourth-order valence-electron chi connectivity index (χ4n) is 2.76. The molecular weight excluding hydrogens is 376 g/mol. The first kappa shape index (κ1) is 26.3. The zero-order valence-corrected chi connectivity index (χ0v) is 19.3. The molecule has 0 saturated carbocycles. The van der Waals surface area contributed by atoms with Gasteiger partial charge in [0, 0.05) is 0 Å². The first-order valence-electron chi connectivity index (χ1n) is 9.69. The van der Waals surface area contributed by atoms with Gasteiger partial charge in [-0.15, -0.1) is 0 Å². The van der Waals surface area contributed by atoms with Crippen LogP contribution in [-0.4, -0.2) is 63.9 Å². The van der Waals surface area contributed by atoms with Crippen LogP contribution in [0.2, 0.25) is 0 Å². The van der Waals surface area contributed by atoms with E-state index in [-0.39, 0.29) is 45.5 Å². The van der Waals surface area contributed by atoms with Gasteiger partial charge in [0.25, 0.3) is 10.1 Å². The molecule has 26 heavy (non-hydrogen) atoms. The average molecular weight is 413 g/mol. The van der Waals surface area contributed by atoms with Gasteiger partial charge < -0.3 is 7.59 Å². The predicted octanol–water partition coefficient (Wildman–Crippen LogP) is 5.26. The van der Waals surface area contributed by atoms with Gasteiger partial charge in [0.05, 0.1) is 18.1 Å². The second kappa shape index (κ2) is 16.3. The fourth-order valence-corrected chi connectivity index (χ4v) is 3.52. The molecular formula is C20H36CaO4S. The van der Waals surface area contributed by atoms with Crippen molar-refractivity contribution in [3.8, 4) is 0 Å². The number of unbranched alkanes of at least 4 members (excludes halogenated alkanes) is 9. The van der Waals surface area contributed by atoms with Crippen molar-refractivity contribution in [2.45, 2.75) is 82.4 Å². The van der Waals surface area contributed by atoms with Gasteiger partial charge in [-0.1, -0.05) is 82.9 Å². The zero-order chi connectivity index (χ0) is 18.4. The summed E-state index contributed by atoms with van der Waals surface area (Å²) in [6, 6.07) is 6.73. The number of hydrogen-bond acceptors (Lipinski definition) is 3. The van der Waals surface area contributed by atoms with Gasteiger partial charge in [-0.3, -0.25) is 4.55 Å². The Hall–Kier alpha value is 0.350. The number of benzene rings is 1. The standard InChI is InChI=1S/C18H30O3S.C2H4O.Ca.2H/c1-2-3-4-5-6-7-8-9-10-11-14-17-15-12-13-16-18(17)22(19,20)21;1-2-3-1;;;/h12-13,15-16H,2-11,14H2,1H3,(H,19,20,21);1-2H2;;;/q;;+2;2*-1. The van der Waals surface area contributed by atoms with Gasteiger partial charge in [-0.2, -0.15) is 8.42 Å². The Morgan fingerprint density at radius 3 is 1.85 bits per heavy atom. The fraction of sp³-hybridized carbons (Fsp3) is 0.700. The van der Waals surface area contributed by atoms with E-state index in [4.69, 9.17) is 0 Å². The van der Waals surface area contributed by atoms with Crippen LogP contribution in [0.4, 0.5) is 0 Å². The summed E-state index contributed by atoms with van der Waals surface area (Å²) in [4.78, 5) is 0.0610. The molecule has 1 aliphatic rings. The molecule has 6 heteroatoms. The number of aryl methyl sites for hydroxylation is 1. The molecule has 0 bridgehead atoms. The van der Waals surface area contributed by atoms with Gasteiger partial charge >= 0.3 is 37.7 Å². The van der Waals surface area contributed by atoms with Crippen molar-refractivity contribution < 1.29 is 20.6 Å². The first-order valence-corrected chi connectivity index (χ1v) is 11.1. The number of hydrogen-bond donors (Lipinski definition) is 1. The van der Waals surface area contributed by atoms with Crippen LogP contribution in [0.3, 0.4) is 0 Å². The molecule has 4 nitrogen and oxygen atoms in total. The summed E-state index contributed by atoms with van der Waals surface area (Å²) in [7, 11) is -4.10. The van der Waals surface area contributed by atoms with Crippen LogP contribution in [0.15, 0.2) is 29.2 Å². The predicted molar refractivity (Wildman–Crippen MR) is 111 cm³/mol. The summed E-state index contributed by atoms with van der Waals surface area (Å²) in [6.45, 7) is 4.24. The van der Waals surface area contributed by atoms with Gasteiger partial charge in [0.15, 0.2) is 0 Å². The van der Waals surface area contributed by atoms with Crippen molar-refractivity contribution in [1.29, 1.82) is 0 Å². The maximum atomic E-state index is 11.3. The topological polar surface area (TPSA) is 66.9 Å². The van der Waals surface area contributed by atoms with Crippen molar-refractivity contribution >= 4 is 47.9 Å². The third-order valence-electron chi connectivity index (χ3n) is 4.25. The molecule has 0 spiro atoms. The SMILES string of the molecule is C1CO1.CCCCCCCCCCCCc1ccccc1S(=O)(=O)O.[Ca+2].[H-].[H-]. The third kappa shape index (κ3) is 14.4. The number of rotatable bonds is 12. The van der Waals surface area contributed by atoms with E-state index in [1.165, 1.54) is 57.4 Å². The van der Waals surface area contributed by atoms with Crippen LogP contribution in [-0.2, 0) is 21.3 Å². The minimum atomic E-state index is -4.10. The molecule has 1 aliphatic heterocycles. The minimum absolute atomic E-state index is 0. The average Bonchev–Trinajstić information content (AvgIpc) is 3.45. The molecule has 0 aromatic heterocycles. The van der Waals surface area contributed by atoms with Crippen molar-refractivity contribution in [2.75, 3.05) is 13.2 Å². The van der Waals surface area contributed by atoms with Crippen molar-refractivity contribution in [2.24, 2.45) is 0 Å². The molecule has 1 N–H and O–H groups in total. The molecule has 0 unspecified atom stereocenters. The van der Waals surface area contributed by atoms with E-state index in [9.17, 15) is 13.0 Å². The minimum Gasteiger partial charge on any atom is -1.00 e. The van der Waals surface area contributed by atoms with E-state index in [1.807, 2.05) is 6.07 Å². The van der Waals surface area contributed by atoms with E-state index < -0.39 is 10.1 Å². The summed E-state index contributed by atoms with van der Waals surface area (Å²) in [6.07, 6.45) is 13.3. The van der Waals surface area contributed by atoms with Gasteiger partial charge in [-0.05, 0) is 24.5 Å². The molecule has 1 saturated heterocycles. The Labute approximate surface area is 192 Å². The smallest absolute Gasteiger partial charge is 1.00 e. The summed E-state index contributed by atoms with van der Waals surface area (Å²) in [5.41, 5.74) is 0.726. The van der Waals surface area contributed by atoms with Crippen LogP contribution >= 0.6 is 0 Å². The number of ether oxygens (including phenoxy) is 1. The Kier molecular flexibility index (Phi) is 16.5. The Morgan fingerprint density at radius 1 is 0.923 bits per heavy atom.